The van der Waals surface area contributed by atoms with E-state index in [1.165, 1.54) is 18.5 Å². The van der Waals surface area contributed by atoms with Gasteiger partial charge in [0.2, 0.25) is 0 Å². The Kier molecular flexibility index (Phi) is 7.66. The first-order valence-electron chi connectivity index (χ1n) is 14.0. The van der Waals surface area contributed by atoms with E-state index in [0.29, 0.717) is 24.3 Å². The molecule has 2 aliphatic carbocycles. The summed E-state index contributed by atoms with van der Waals surface area (Å²) < 4.78 is 0. The molecule has 0 aromatic heterocycles. The number of piperazine rings is 1. The summed E-state index contributed by atoms with van der Waals surface area (Å²) in [4.78, 5) is 4.66. The van der Waals surface area contributed by atoms with Crippen LogP contribution in [0, 0.1) is 22.7 Å². The quantitative estimate of drug-likeness (QED) is 0.522. The molecule has 0 bridgehead atoms. The van der Waals surface area contributed by atoms with Crippen molar-refractivity contribution >= 4 is 5.69 Å². The minimum absolute atomic E-state index is 0.0816. The second-order valence-electron chi connectivity index (χ2n) is 13.4. The highest BCUT2D eigenvalue weighted by atomic mass is 16.3. The van der Waals surface area contributed by atoms with Crippen molar-refractivity contribution in [3.8, 4) is 0 Å². The molecule has 6 atom stereocenters. The number of anilines is 1. The lowest BCUT2D eigenvalue weighted by Gasteiger charge is -2.61. The largest absolute Gasteiger partial charge is 0.390 e. The zero-order valence-corrected chi connectivity index (χ0v) is 22.8. The third-order valence-electron chi connectivity index (χ3n) is 10.3. The van der Waals surface area contributed by atoms with E-state index in [4.69, 9.17) is 0 Å². The minimum atomic E-state index is -1.17. The molecule has 5 heteroatoms. The molecule has 3 fully saturated rings. The molecule has 2 saturated carbocycles. The van der Waals surface area contributed by atoms with Gasteiger partial charge in [0.25, 0.3) is 0 Å². The van der Waals surface area contributed by atoms with Gasteiger partial charge in [0, 0.05) is 38.4 Å². The highest BCUT2D eigenvalue weighted by molar-refractivity contribution is 5.46. The van der Waals surface area contributed by atoms with Crippen molar-refractivity contribution in [2.75, 3.05) is 37.6 Å². The number of β-amino-alcohol motifs (C(OH)–C–C–N with tert-alkyl or cyclic N) is 1. The molecule has 6 unspecified atom stereocenters. The molecular weight excluding hydrogens is 436 g/mol. The van der Waals surface area contributed by atoms with E-state index in [0.717, 1.165) is 51.9 Å². The van der Waals surface area contributed by atoms with Crippen molar-refractivity contribution in [1.82, 2.24) is 4.90 Å². The third kappa shape index (κ3) is 5.58. The highest BCUT2D eigenvalue weighted by Gasteiger charge is 2.58. The molecule has 1 aromatic carbocycles. The van der Waals surface area contributed by atoms with Crippen molar-refractivity contribution in [3.05, 3.63) is 30.3 Å². The molecule has 35 heavy (non-hydrogen) atoms. The lowest BCUT2D eigenvalue weighted by atomic mass is 9.45. The number of nitrogens with zero attached hydrogens (tertiary/aromatic N) is 2. The van der Waals surface area contributed by atoms with Crippen LogP contribution in [0.25, 0.3) is 0 Å². The van der Waals surface area contributed by atoms with Gasteiger partial charge in [0.1, 0.15) is 0 Å². The van der Waals surface area contributed by atoms with Gasteiger partial charge in [-0.05, 0) is 87.2 Å². The first-order chi connectivity index (χ1) is 16.4. The van der Waals surface area contributed by atoms with Crippen LogP contribution >= 0.6 is 0 Å². The summed E-state index contributed by atoms with van der Waals surface area (Å²) in [6, 6.07) is 10.5. The summed E-state index contributed by atoms with van der Waals surface area (Å²) in [6.45, 7) is 15.1. The second kappa shape index (κ2) is 9.96. The van der Waals surface area contributed by atoms with Crippen LogP contribution in [0.3, 0.4) is 0 Å². The maximum Gasteiger partial charge on any atom is 0.0950 e. The van der Waals surface area contributed by atoms with E-state index >= 15 is 0 Å². The van der Waals surface area contributed by atoms with Crippen LogP contribution in [0.2, 0.25) is 0 Å². The Morgan fingerprint density at radius 3 is 2.31 bits per heavy atom. The summed E-state index contributed by atoms with van der Waals surface area (Å²) in [5, 5.41) is 33.9. The smallest absolute Gasteiger partial charge is 0.0950 e. The molecule has 3 aliphatic rings. The number of hydrogen-bond acceptors (Lipinski definition) is 5. The van der Waals surface area contributed by atoms with Crippen LogP contribution in [0.15, 0.2) is 30.3 Å². The molecule has 1 aromatic rings. The zero-order chi connectivity index (χ0) is 25.5. The molecule has 1 saturated heterocycles. The first-order valence-corrected chi connectivity index (χ1v) is 14.0. The number of aliphatic hydroxyl groups is 3. The number of benzene rings is 1. The summed E-state index contributed by atoms with van der Waals surface area (Å²) >= 11 is 0. The molecule has 5 nitrogen and oxygen atoms in total. The van der Waals surface area contributed by atoms with Gasteiger partial charge in [0.05, 0.1) is 17.3 Å². The molecule has 0 radical (unpaired) electrons. The number of aliphatic hydroxyl groups excluding tert-OH is 1. The molecule has 3 N–H and O–H groups in total. The van der Waals surface area contributed by atoms with E-state index in [-0.39, 0.29) is 11.3 Å². The van der Waals surface area contributed by atoms with Crippen molar-refractivity contribution in [2.45, 2.75) is 96.9 Å². The summed E-state index contributed by atoms with van der Waals surface area (Å²) in [6.07, 6.45) is 6.00. The van der Waals surface area contributed by atoms with Gasteiger partial charge >= 0.3 is 0 Å². The van der Waals surface area contributed by atoms with Crippen molar-refractivity contribution in [3.63, 3.8) is 0 Å². The first kappa shape index (κ1) is 26.9. The van der Waals surface area contributed by atoms with Crippen LogP contribution in [0.5, 0.6) is 0 Å². The maximum atomic E-state index is 11.5. The summed E-state index contributed by atoms with van der Waals surface area (Å²) in [5.74, 6) is 0.742. The Labute approximate surface area is 213 Å². The van der Waals surface area contributed by atoms with E-state index in [1.807, 2.05) is 13.0 Å². The standard InChI is InChI=1S/C30H50N2O3/c1-27(2)14-9-15-28(3)24(27)12-16-29(4,34)25(28)13-17-30(5,35)26(33)22-31-18-20-32(21-19-31)23-10-7-6-8-11-23/h6-8,10-11,24-26,33-35H,9,12-22H2,1-5H3. The minimum Gasteiger partial charge on any atom is -0.390 e. The Hall–Kier alpha value is -1.14. The van der Waals surface area contributed by atoms with Gasteiger partial charge < -0.3 is 20.2 Å². The van der Waals surface area contributed by atoms with Gasteiger partial charge in [-0.15, -0.1) is 0 Å². The predicted octanol–water partition coefficient (Wildman–Crippen LogP) is 4.69. The topological polar surface area (TPSA) is 67.2 Å². The van der Waals surface area contributed by atoms with Crippen molar-refractivity contribution < 1.29 is 15.3 Å². The van der Waals surface area contributed by atoms with E-state index in [2.05, 4.69) is 54.8 Å². The van der Waals surface area contributed by atoms with Gasteiger partial charge in [-0.3, -0.25) is 4.90 Å². The number of hydrogen-bond donors (Lipinski definition) is 3. The van der Waals surface area contributed by atoms with Gasteiger partial charge in [-0.2, -0.15) is 0 Å². The maximum absolute atomic E-state index is 11.5. The van der Waals surface area contributed by atoms with Crippen LogP contribution in [-0.2, 0) is 0 Å². The Morgan fingerprint density at radius 2 is 1.66 bits per heavy atom. The van der Waals surface area contributed by atoms with Gasteiger partial charge in [-0.1, -0.05) is 45.4 Å². The van der Waals surface area contributed by atoms with E-state index < -0.39 is 17.3 Å². The molecule has 4 rings (SSSR count). The fourth-order valence-corrected chi connectivity index (χ4v) is 8.14. The Balaban J connectivity index is 1.35. The zero-order valence-electron chi connectivity index (χ0n) is 22.8. The van der Waals surface area contributed by atoms with Crippen molar-refractivity contribution in [1.29, 1.82) is 0 Å². The fourth-order valence-electron chi connectivity index (χ4n) is 8.14. The predicted molar refractivity (Wildman–Crippen MR) is 144 cm³/mol. The van der Waals surface area contributed by atoms with Gasteiger partial charge in [-0.25, -0.2) is 0 Å². The Bertz CT molecular complexity index is 831. The van der Waals surface area contributed by atoms with Crippen LogP contribution in [0.1, 0.15) is 79.6 Å². The summed E-state index contributed by atoms with van der Waals surface area (Å²) in [7, 11) is 0. The fraction of sp³-hybridized carbons (Fsp3) is 0.800. The van der Waals surface area contributed by atoms with Crippen LogP contribution < -0.4 is 4.90 Å². The normalized spacial score (nSPS) is 36.3. The monoisotopic (exact) mass is 486 g/mol. The molecule has 1 heterocycles. The lowest BCUT2D eigenvalue weighted by Crippen LogP contribution is -2.58. The Morgan fingerprint density at radius 1 is 1.00 bits per heavy atom. The molecule has 1 aliphatic heterocycles. The van der Waals surface area contributed by atoms with Crippen LogP contribution in [0.4, 0.5) is 5.69 Å². The number of para-hydroxylation sites is 1. The SMILES string of the molecule is CC1(C)CCCC2(C)C1CCC(C)(O)C2CCC(C)(O)C(O)CN1CCN(c2ccccc2)CC1. The average Bonchev–Trinajstić information content (AvgIpc) is 2.78. The third-order valence-corrected chi connectivity index (χ3v) is 10.3. The van der Waals surface area contributed by atoms with Crippen molar-refractivity contribution in [2.24, 2.45) is 22.7 Å². The average molecular weight is 487 g/mol. The molecule has 0 amide bonds. The van der Waals surface area contributed by atoms with E-state index in [9.17, 15) is 15.3 Å². The number of rotatable bonds is 7. The van der Waals surface area contributed by atoms with E-state index in [1.54, 1.807) is 6.92 Å². The highest BCUT2D eigenvalue weighted by Crippen LogP contribution is 2.63. The summed E-state index contributed by atoms with van der Waals surface area (Å²) in [5.41, 5.74) is -0.255. The van der Waals surface area contributed by atoms with Crippen LogP contribution in [-0.4, -0.2) is 70.2 Å². The number of fused-ring (bicyclic) bond motifs is 1. The second-order valence-corrected chi connectivity index (χ2v) is 13.4. The van der Waals surface area contributed by atoms with Gasteiger partial charge in [0.15, 0.2) is 0 Å². The molecule has 198 valence electrons. The molecule has 0 spiro atoms. The lowest BCUT2D eigenvalue weighted by molar-refractivity contribution is -0.176. The molecular formula is C30H50N2O3.